The van der Waals surface area contributed by atoms with E-state index in [2.05, 4.69) is 20.0 Å². The van der Waals surface area contributed by atoms with Crippen LogP contribution in [0.15, 0.2) is 30.5 Å². The average Bonchev–Trinajstić information content (AvgIpc) is 2.68. The number of carbonyl (C=O) groups is 1. The number of alkyl halides is 2. The predicted molar refractivity (Wildman–Crippen MR) is 94.3 cm³/mol. The van der Waals surface area contributed by atoms with Crippen molar-refractivity contribution in [2.24, 2.45) is 0 Å². The van der Waals surface area contributed by atoms with Crippen LogP contribution in [0.4, 0.5) is 14.7 Å². The number of morpholine rings is 1. The maximum Gasteiger partial charge on any atom is 0.387 e. The van der Waals surface area contributed by atoms with Crippen LogP contribution >= 0.6 is 11.6 Å². The molecule has 7 nitrogen and oxygen atoms in total. The van der Waals surface area contributed by atoms with Gasteiger partial charge >= 0.3 is 6.61 Å². The first-order valence-electron chi connectivity index (χ1n) is 8.20. The van der Waals surface area contributed by atoms with Crippen LogP contribution in [-0.4, -0.2) is 48.8 Å². The highest BCUT2D eigenvalue weighted by molar-refractivity contribution is 6.33. The summed E-state index contributed by atoms with van der Waals surface area (Å²) in [5.74, 6) is 0.0141. The van der Waals surface area contributed by atoms with Crippen molar-refractivity contribution in [1.29, 1.82) is 0 Å². The van der Waals surface area contributed by atoms with E-state index in [0.29, 0.717) is 37.8 Å². The Bertz CT molecular complexity index is 786. The summed E-state index contributed by atoms with van der Waals surface area (Å²) in [5.41, 5.74) is 0.786. The molecule has 1 aromatic heterocycles. The number of ether oxygens (including phenoxy) is 2. The van der Waals surface area contributed by atoms with Gasteiger partial charge in [0.05, 0.1) is 24.4 Å². The van der Waals surface area contributed by atoms with Gasteiger partial charge in [-0.3, -0.25) is 4.79 Å². The fourth-order valence-corrected chi connectivity index (χ4v) is 2.66. The van der Waals surface area contributed by atoms with E-state index in [-0.39, 0.29) is 23.0 Å². The molecule has 1 aliphatic rings. The lowest BCUT2D eigenvalue weighted by Crippen LogP contribution is -2.37. The van der Waals surface area contributed by atoms with Crippen LogP contribution in [-0.2, 0) is 11.3 Å². The number of amides is 1. The van der Waals surface area contributed by atoms with Crippen molar-refractivity contribution in [3.63, 3.8) is 0 Å². The van der Waals surface area contributed by atoms with Gasteiger partial charge in [0.1, 0.15) is 5.75 Å². The molecule has 10 heteroatoms. The number of hydrogen-bond donors (Lipinski definition) is 1. The lowest BCUT2D eigenvalue weighted by molar-refractivity contribution is -0.0498. The molecule has 3 rings (SSSR count). The van der Waals surface area contributed by atoms with E-state index in [4.69, 9.17) is 16.3 Å². The normalized spacial score (nSPS) is 14.3. The summed E-state index contributed by atoms with van der Waals surface area (Å²) >= 11 is 6.06. The molecule has 1 aliphatic heterocycles. The molecule has 0 unspecified atom stereocenters. The van der Waals surface area contributed by atoms with E-state index < -0.39 is 12.5 Å². The van der Waals surface area contributed by atoms with Gasteiger partial charge in [-0.1, -0.05) is 23.7 Å². The number of benzene rings is 1. The molecular weight excluding hydrogens is 382 g/mol. The van der Waals surface area contributed by atoms with Gasteiger partial charge in [0.25, 0.3) is 5.91 Å². The summed E-state index contributed by atoms with van der Waals surface area (Å²) in [6, 6.07) is 5.97. The number of nitrogens with one attached hydrogen (secondary N) is 1. The number of halogens is 3. The fourth-order valence-electron chi connectivity index (χ4n) is 2.49. The Hall–Kier alpha value is -2.52. The van der Waals surface area contributed by atoms with Crippen molar-refractivity contribution in [1.82, 2.24) is 15.3 Å². The number of nitrogens with zero attached hydrogens (tertiary/aromatic N) is 3. The minimum atomic E-state index is -2.88. The predicted octanol–water partition coefficient (Wildman–Crippen LogP) is 2.50. The van der Waals surface area contributed by atoms with Crippen LogP contribution in [0.5, 0.6) is 5.75 Å². The molecule has 27 heavy (non-hydrogen) atoms. The van der Waals surface area contributed by atoms with Gasteiger partial charge < -0.3 is 19.7 Å². The molecule has 1 N–H and O–H groups in total. The van der Waals surface area contributed by atoms with Crippen molar-refractivity contribution in [2.75, 3.05) is 31.2 Å². The van der Waals surface area contributed by atoms with Gasteiger partial charge in [0.15, 0.2) is 5.69 Å². The first-order chi connectivity index (χ1) is 13.0. The summed E-state index contributed by atoms with van der Waals surface area (Å²) in [5, 5.41) is 2.84. The van der Waals surface area contributed by atoms with Crippen LogP contribution in [0, 0.1) is 0 Å². The minimum absolute atomic E-state index is 0.0501. The zero-order valence-corrected chi connectivity index (χ0v) is 15.0. The molecule has 0 saturated carbocycles. The summed E-state index contributed by atoms with van der Waals surface area (Å²) in [4.78, 5) is 22.8. The highest BCUT2D eigenvalue weighted by atomic mass is 35.5. The zero-order valence-electron chi connectivity index (χ0n) is 14.2. The smallest absolute Gasteiger partial charge is 0.387 e. The third-order valence-corrected chi connectivity index (χ3v) is 4.12. The van der Waals surface area contributed by atoms with Gasteiger partial charge in [0, 0.05) is 19.6 Å². The SMILES string of the molecule is O=C(NCc1ccc(OC(F)F)cc1)c1nc(N2CCOCC2)ncc1Cl. The molecule has 1 aromatic carbocycles. The zero-order chi connectivity index (χ0) is 19.2. The van der Waals surface area contributed by atoms with Crippen molar-refractivity contribution < 1.29 is 23.0 Å². The number of anilines is 1. The van der Waals surface area contributed by atoms with E-state index in [1.165, 1.54) is 18.3 Å². The van der Waals surface area contributed by atoms with Crippen LogP contribution in [0.25, 0.3) is 0 Å². The Balaban J connectivity index is 1.63. The summed E-state index contributed by atoms with van der Waals surface area (Å²) in [6.45, 7) is -0.291. The Morgan fingerprint density at radius 1 is 1.30 bits per heavy atom. The second kappa shape index (κ2) is 8.92. The van der Waals surface area contributed by atoms with Crippen molar-refractivity contribution >= 4 is 23.5 Å². The van der Waals surface area contributed by atoms with Crippen LogP contribution in [0.3, 0.4) is 0 Å². The number of aromatic nitrogens is 2. The standard InChI is InChI=1S/C17H17ClF2N4O3/c18-13-10-22-17(24-5-7-26-8-6-24)23-14(13)15(25)21-9-11-1-3-12(4-2-11)27-16(19)20/h1-4,10,16H,5-9H2,(H,21,25). The summed E-state index contributed by atoms with van der Waals surface area (Å²) < 4.78 is 33.9. The Morgan fingerprint density at radius 3 is 2.67 bits per heavy atom. The fraction of sp³-hybridized carbons (Fsp3) is 0.353. The van der Waals surface area contributed by atoms with E-state index in [9.17, 15) is 13.6 Å². The third-order valence-electron chi connectivity index (χ3n) is 3.84. The topological polar surface area (TPSA) is 76.6 Å². The first kappa shape index (κ1) is 19.2. The number of carbonyl (C=O) groups excluding carboxylic acids is 1. The molecule has 0 atom stereocenters. The molecule has 0 bridgehead atoms. The monoisotopic (exact) mass is 398 g/mol. The molecule has 1 amide bonds. The quantitative estimate of drug-likeness (QED) is 0.805. The number of rotatable bonds is 6. The largest absolute Gasteiger partial charge is 0.435 e. The van der Waals surface area contributed by atoms with Crippen molar-refractivity contribution in [3.8, 4) is 5.75 Å². The van der Waals surface area contributed by atoms with Crippen LogP contribution in [0.2, 0.25) is 5.02 Å². The lowest BCUT2D eigenvalue weighted by atomic mass is 10.2. The van der Waals surface area contributed by atoms with Gasteiger partial charge in [-0.05, 0) is 17.7 Å². The van der Waals surface area contributed by atoms with E-state index in [1.807, 2.05) is 4.90 Å². The molecule has 0 aliphatic carbocycles. The Kier molecular flexibility index (Phi) is 6.36. The summed E-state index contributed by atoms with van der Waals surface area (Å²) in [7, 11) is 0. The summed E-state index contributed by atoms with van der Waals surface area (Å²) in [6.07, 6.45) is 1.39. The van der Waals surface area contributed by atoms with Gasteiger partial charge in [-0.15, -0.1) is 0 Å². The lowest BCUT2D eigenvalue weighted by Gasteiger charge is -2.26. The molecule has 2 aromatic rings. The molecule has 2 heterocycles. The Labute approximate surface area is 159 Å². The second-order valence-corrected chi connectivity index (χ2v) is 6.08. The van der Waals surface area contributed by atoms with Gasteiger partial charge in [-0.25, -0.2) is 9.97 Å². The molecular formula is C17H17ClF2N4O3. The van der Waals surface area contributed by atoms with Gasteiger partial charge in [0.2, 0.25) is 5.95 Å². The highest BCUT2D eigenvalue weighted by Crippen LogP contribution is 2.18. The maximum atomic E-state index is 12.4. The number of hydrogen-bond acceptors (Lipinski definition) is 6. The van der Waals surface area contributed by atoms with Crippen molar-refractivity contribution in [2.45, 2.75) is 13.2 Å². The molecule has 0 spiro atoms. The average molecular weight is 399 g/mol. The van der Waals surface area contributed by atoms with Gasteiger partial charge in [-0.2, -0.15) is 8.78 Å². The highest BCUT2D eigenvalue weighted by Gasteiger charge is 2.19. The molecule has 1 saturated heterocycles. The van der Waals surface area contributed by atoms with E-state index >= 15 is 0 Å². The minimum Gasteiger partial charge on any atom is -0.435 e. The Morgan fingerprint density at radius 2 is 2.00 bits per heavy atom. The van der Waals surface area contributed by atoms with Crippen molar-refractivity contribution in [3.05, 3.63) is 46.7 Å². The second-order valence-electron chi connectivity index (χ2n) is 5.67. The first-order valence-corrected chi connectivity index (χ1v) is 8.58. The molecule has 0 radical (unpaired) electrons. The maximum absolute atomic E-state index is 12.4. The molecule has 1 fully saturated rings. The van der Waals surface area contributed by atoms with E-state index in [0.717, 1.165) is 0 Å². The molecule has 144 valence electrons. The van der Waals surface area contributed by atoms with Crippen LogP contribution in [0.1, 0.15) is 16.1 Å². The van der Waals surface area contributed by atoms with Crippen LogP contribution < -0.4 is 15.0 Å². The van der Waals surface area contributed by atoms with E-state index in [1.54, 1.807) is 12.1 Å². The third kappa shape index (κ3) is 5.24.